The normalized spacial score (nSPS) is 11.2. The summed E-state index contributed by atoms with van der Waals surface area (Å²) in [5.41, 5.74) is 31.2. The Morgan fingerprint density at radius 1 is 0.385 bits per heavy atom. The van der Waals surface area contributed by atoms with Crippen molar-refractivity contribution in [1.29, 1.82) is 0 Å². The van der Waals surface area contributed by atoms with Crippen LogP contribution in [-0.2, 0) is 0 Å². The number of para-hydroxylation sites is 1. The first-order valence-corrected chi connectivity index (χ1v) is 18.0. The van der Waals surface area contributed by atoms with Gasteiger partial charge in [-0.3, -0.25) is 5.11 Å². The SMILES string of the molecule is Cc1cc(C)c(-c2cccc(-c3c(C)cc(C)cc3C)c2[N-]N=[NH+]c2c(-c3c(C)cc(C)cc3C)cccc2-c2c(C)cc(C)cc2C)c(C)c1.[Na+]. The molecule has 0 aliphatic carbocycles. The van der Waals surface area contributed by atoms with Crippen LogP contribution in [-0.4, -0.2) is 0 Å². The first-order chi connectivity index (χ1) is 24.2. The Kier molecular flexibility index (Phi) is 11.8. The third-order valence-corrected chi connectivity index (χ3v) is 10.2. The molecule has 0 heterocycles. The van der Waals surface area contributed by atoms with Gasteiger partial charge in [0.05, 0.1) is 5.69 Å². The summed E-state index contributed by atoms with van der Waals surface area (Å²) in [5, 5.41) is 8.50. The van der Waals surface area contributed by atoms with Crippen molar-refractivity contribution >= 4 is 11.4 Å². The van der Waals surface area contributed by atoms with Crippen LogP contribution in [0.5, 0.6) is 0 Å². The van der Waals surface area contributed by atoms with Crippen molar-refractivity contribution in [2.24, 2.45) is 5.22 Å². The van der Waals surface area contributed by atoms with Gasteiger partial charge in [0.1, 0.15) is 5.69 Å². The van der Waals surface area contributed by atoms with Crippen LogP contribution in [0.1, 0.15) is 66.8 Å². The quantitative estimate of drug-likeness (QED) is 0.0984. The first-order valence-electron chi connectivity index (χ1n) is 18.0. The predicted octanol–water partition coefficient (Wildman–Crippen LogP) is 9.84. The Labute approximate surface area is 333 Å². The molecule has 52 heavy (non-hydrogen) atoms. The third-order valence-electron chi connectivity index (χ3n) is 10.2. The number of aryl methyl sites for hydroxylation is 12. The maximum Gasteiger partial charge on any atom is 1.00 e. The average Bonchev–Trinajstić information content (AvgIpc) is 3.01. The van der Waals surface area contributed by atoms with Gasteiger partial charge in [-0.15, -0.1) is 5.43 Å². The number of rotatable bonds is 7. The molecule has 0 spiro atoms. The van der Waals surface area contributed by atoms with Crippen molar-refractivity contribution in [3.05, 3.63) is 157 Å². The Bertz CT molecular complexity index is 2120. The van der Waals surface area contributed by atoms with E-state index in [1.54, 1.807) is 0 Å². The van der Waals surface area contributed by atoms with Crippen LogP contribution in [0.15, 0.2) is 90.2 Å². The van der Waals surface area contributed by atoms with E-state index in [0.717, 1.165) is 33.6 Å². The van der Waals surface area contributed by atoms with Crippen LogP contribution in [0, 0.1) is 83.1 Å². The van der Waals surface area contributed by atoms with Crippen molar-refractivity contribution < 1.29 is 34.7 Å². The summed E-state index contributed by atoms with van der Waals surface area (Å²) in [6.45, 7) is 26.3. The average molecular weight is 693 g/mol. The maximum absolute atomic E-state index is 5.16. The number of hydrogen-bond acceptors (Lipinski definition) is 1. The molecule has 3 nitrogen and oxygen atoms in total. The molecule has 1 N–H and O–H groups in total. The summed E-state index contributed by atoms with van der Waals surface area (Å²) >= 11 is 0. The molecule has 6 rings (SSSR count). The second kappa shape index (κ2) is 15.8. The summed E-state index contributed by atoms with van der Waals surface area (Å²) in [6, 6.07) is 31.3. The molecule has 0 fully saturated rings. The van der Waals surface area contributed by atoms with Gasteiger partial charge in [-0.05, 0) is 150 Å². The molecular weight excluding hydrogens is 642 g/mol. The van der Waals surface area contributed by atoms with E-state index in [1.807, 2.05) is 0 Å². The minimum absolute atomic E-state index is 0. The standard InChI is InChI=1S/C48H50N3.Na/c1-27-19-31(5)43(32(6)20-27)39-15-13-16-40(44-33(7)21-28(2)22-34(44)8)47(39)49-51-50-48-41(45-35(9)23-29(3)24-36(45)10)17-14-18-42(48)46-37(11)25-30(4)26-38(46)12;/h13-26H,1-12H3;/q-1;+1/p+1. The Morgan fingerprint density at radius 3 is 0.923 bits per heavy atom. The molecule has 4 heteroatoms. The topological polar surface area (TPSA) is 40.4 Å². The zero-order chi connectivity index (χ0) is 36.7. The van der Waals surface area contributed by atoms with Gasteiger partial charge in [0.25, 0.3) is 0 Å². The first kappa shape index (κ1) is 38.9. The predicted molar refractivity (Wildman–Crippen MR) is 218 cm³/mol. The molecule has 0 bridgehead atoms. The molecule has 0 aliphatic rings. The number of nitrogens with one attached hydrogen (secondary N) is 1. The van der Waals surface area contributed by atoms with Gasteiger partial charge in [-0.2, -0.15) is 0 Å². The molecule has 0 atom stereocenters. The van der Waals surface area contributed by atoms with Gasteiger partial charge in [0.15, 0.2) is 0 Å². The summed E-state index contributed by atoms with van der Waals surface area (Å²) in [6.07, 6.45) is 0. The van der Waals surface area contributed by atoms with E-state index in [4.69, 9.17) is 10.6 Å². The van der Waals surface area contributed by atoms with Crippen LogP contribution in [0.3, 0.4) is 0 Å². The van der Waals surface area contributed by atoms with Gasteiger partial charge in [0, 0.05) is 22.3 Å². The molecular formula is C48H51N3Na+. The van der Waals surface area contributed by atoms with E-state index >= 15 is 0 Å². The van der Waals surface area contributed by atoms with Crippen molar-refractivity contribution in [2.75, 3.05) is 0 Å². The second-order valence-corrected chi connectivity index (χ2v) is 14.8. The van der Waals surface area contributed by atoms with Gasteiger partial charge in [0.2, 0.25) is 0 Å². The molecule has 0 aliphatic heterocycles. The third kappa shape index (κ3) is 7.60. The summed E-state index contributed by atoms with van der Waals surface area (Å²) in [4.78, 5) is 0. The Hall–Kier alpha value is -4.28. The van der Waals surface area contributed by atoms with Crippen LogP contribution in [0.25, 0.3) is 49.9 Å². The van der Waals surface area contributed by atoms with E-state index in [9.17, 15) is 0 Å². The Balaban J connectivity index is 0.00000523. The molecule has 258 valence electrons. The molecule has 0 saturated carbocycles. The van der Waals surface area contributed by atoms with Crippen molar-refractivity contribution in [3.63, 3.8) is 0 Å². The Morgan fingerprint density at radius 2 is 0.635 bits per heavy atom. The fourth-order valence-electron chi connectivity index (χ4n) is 8.69. The zero-order valence-electron chi connectivity index (χ0n) is 33.5. The van der Waals surface area contributed by atoms with E-state index in [-0.39, 0.29) is 29.6 Å². The fourth-order valence-corrected chi connectivity index (χ4v) is 8.69. The van der Waals surface area contributed by atoms with E-state index in [1.165, 1.54) is 89.0 Å². The molecule has 0 unspecified atom stereocenters. The van der Waals surface area contributed by atoms with Gasteiger partial charge in [-0.25, -0.2) is 0 Å². The van der Waals surface area contributed by atoms with Crippen LogP contribution in [0.2, 0.25) is 0 Å². The summed E-state index contributed by atoms with van der Waals surface area (Å²) in [5.74, 6) is 0. The largest absolute Gasteiger partial charge is 1.00 e. The summed E-state index contributed by atoms with van der Waals surface area (Å²) < 4.78 is 0. The van der Waals surface area contributed by atoms with Crippen LogP contribution in [0.4, 0.5) is 11.4 Å². The minimum Gasteiger partial charge on any atom is -0.259 e. The molecule has 0 aromatic heterocycles. The minimum atomic E-state index is 0. The molecule has 6 aromatic carbocycles. The van der Waals surface area contributed by atoms with E-state index in [2.05, 4.69) is 173 Å². The van der Waals surface area contributed by atoms with Crippen molar-refractivity contribution in [3.8, 4) is 44.5 Å². The van der Waals surface area contributed by atoms with Gasteiger partial charge >= 0.3 is 29.6 Å². The number of benzene rings is 6. The molecule has 6 aromatic rings. The monoisotopic (exact) mass is 692 g/mol. The van der Waals surface area contributed by atoms with Crippen LogP contribution < -0.4 is 34.7 Å². The molecule has 0 radical (unpaired) electrons. The van der Waals surface area contributed by atoms with E-state index in [0.29, 0.717) is 0 Å². The van der Waals surface area contributed by atoms with Crippen molar-refractivity contribution in [1.82, 2.24) is 0 Å². The molecule has 0 saturated heterocycles. The number of hydrogen-bond donors (Lipinski definition) is 1. The van der Waals surface area contributed by atoms with Gasteiger partial charge in [-0.1, -0.05) is 112 Å². The summed E-state index contributed by atoms with van der Waals surface area (Å²) in [7, 11) is 0. The second-order valence-electron chi connectivity index (χ2n) is 14.8. The molecule has 0 amide bonds. The number of nitrogens with zero attached hydrogens (tertiary/aromatic N) is 2. The van der Waals surface area contributed by atoms with Crippen LogP contribution >= 0.6 is 0 Å². The van der Waals surface area contributed by atoms with Gasteiger partial charge < -0.3 is 0 Å². The van der Waals surface area contributed by atoms with E-state index < -0.39 is 0 Å². The zero-order valence-corrected chi connectivity index (χ0v) is 35.5. The fraction of sp³-hybridized carbons (Fsp3) is 0.250. The smallest absolute Gasteiger partial charge is 0.259 e. The maximum atomic E-state index is 5.16. The van der Waals surface area contributed by atoms with Crippen molar-refractivity contribution in [2.45, 2.75) is 83.1 Å².